The van der Waals surface area contributed by atoms with E-state index >= 15 is 0 Å². The molecule has 8 heteroatoms. The fourth-order valence-corrected chi connectivity index (χ4v) is 4.01. The van der Waals surface area contributed by atoms with Crippen molar-refractivity contribution in [2.75, 3.05) is 6.54 Å². The van der Waals surface area contributed by atoms with Gasteiger partial charge in [0.1, 0.15) is 23.8 Å². The highest BCUT2D eigenvalue weighted by atomic mass is 19.1. The molecule has 1 unspecified atom stereocenters. The molecule has 0 spiro atoms. The number of oxazole rings is 1. The van der Waals surface area contributed by atoms with E-state index in [4.69, 9.17) is 20.1 Å². The van der Waals surface area contributed by atoms with Crippen LogP contribution in [0, 0.1) is 0 Å². The smallest absolute Gasteiger partial charge is 0.290 e. The minimum absolute atomic E-state index is 0.0430. The Bertz CT molecular complexity index is 1030. The van der Waals surface area contributed by atoms with Crippen LogP contribution in [0.2, 0.25) is 0 Å². The van der Waals surface area contributed by atoms with Crippen LogP contribution in [0.5, 0.6) is 0 Å². The number of nitrogens with zero attached hydrogens (tertiary/aromatic N) is 2. The van der Waals surface area contributed by atoms with E-state index in [0.717, 1.165) is 24.1 Å². The number of rotatable bonds is 6. The third kappa shape index (κ3) is 6.49. The molecular weight excluding hydrogens is 425 g/mol. The zero-order valence-corrected chi connectivity index (χ0v) is 18.3. The first kappa shape index (κ1) is 24.1. The average Bonchev–Trinajstić information content (AvgIpc) is 3.44. The molecular formula is C25H28FN3O4. The highest BCUT2D eigenvalue weighted by Gasteiger charge is 2.34. The molecule has 0 saturated carbocycles. The second-order valence-corrected chi connectivity index (χ2v) is 7.87. The summed E-state index contributed by atoms with van der Waals surface area (Å²) < 4.78 is 19.8. The van der Waals surface area contributed by atoms with Gasteiger partial charge < -0.3 is 20.2 Å². The number of nitrogens with two attached hydrogens (primary N) is 1. The largest absolute Gasteiger partial charge is 0.483 e. The van der Waals surface area contributed by atoms with Gasteiger partial charge in [0, 0.05) is 24.6 Å². The normalized spacial score (nSPS) is 18.5. The van der Waals surface area contributed by atoms with Crippen LogP contribution in [0.4, 0.5) is 4.39 Å². The minimum atomic E-state index is -0.444. The summed E-state index contributed by atoms with van der Waals surface area (Å²) in [6.45, 7) is 0.402. The van der Waals surface area contributed by atoms with Crippen LogP contribution in [-0.2, 0) is 9.59 Å². The number of allylic oxidation sites excluding steroid dienone is 5. The number of amides is 1. The fraction of sp³-hybridized carbons (Fsp3) is 0.320. The van der Waals surface area contributed by atoms with Crippen LogP contribution >= 0.6 is 0 Å². The van der Waals surface area contributed by atoms with Gasteiger partial charge in [0.15, 0.2) is 0 Å². The summed E-state index contributed by atoms with van der Waals surface area (Å²) in [5.41, 5.74) is 8.49. The molecule has 1 aromatic carbocycles. The quantitative estimate of drug-likeness (QED) is 0.621. The maximum atomic E-state index is 14.1. The highest BCUT2D eigenvalue weighted by Crippen LogP contribution is 2.33. The summed E-state index contributed by atoms with van der Waals surface area (Å²) in [5, 5.41) is 6.89. The van der Waals surface area contributed by atoms with Crippen molar-refractivity contribution in [1.82, 2.24) is 9.88 Å². The summed E-state index contributed by atoms with van der Waals surface area (Å²) in [6, 6.07) is 9.18. The molecule has 2 heterocycles. The number of benzene rings is 1. The summed E-state index contributed by atoms with van der Waals surface area (Å²) in [4.78, 5) is 27.7. The first-order chi connectivity index (χ1) is 16.0. The number of likely N-dealkylation sites (tertiary alicyclic amines) is 1. The van der Waals surface area contributed by atoms with Gasteiger partial charge in [-0.2, -0.15) is 0 Å². The van der Waals surface area contributed by atoms with E-state index in [-0.39, 0.29) is 30.7 Å². The maximum Gasteiger partial charge on any atom is 0.290 e. The van der Waals surface area contributed by atoms with E-state index in [1.165, 1.54) is 6.08 Å². The Kier molecular flexibility index (Phi) is 8.71. The van der Waals surface area contributed by atoms with E-state index < -0.39 is 6.04 Å². The van der Waals surface area contributed by atoms with Crippen LogP contribution in [0.15, 0.2) is 76.7 Å². The van der Waals surface area contributed by atoms with Gasteiger partial charge in [-0.3, -0.25) is 9.59 Å². The first-order valence-electron chi connectivity index (χ1n) is 10.9. The Balaban J connectivity index is 0.000000968. The minimum Gasteiger partial charge on any atom is -0.483 e. The average molecular weight is 454 g/mol. The van der Waals surface area contributed by atoms with Crippen molar-refractivity contribution in [3.05, 3.63) is 78.2 Å². The summed E-state index contributed by atoms with van der Waals surface area (Å²) >= 11 is 0. The standard InChI is InChI=1S/C24H26FN3O2.CH2O2/c25-20-11-6-2-5-10-18(20)14-19(26)15-23(29)28-13-7-12-22(28)24-27-21(16-30-24)17-8-3-1-4-9-17;2-1-3/h1,3-6,8-11,16,19,22H,2,7,12-15,26H2;1H,(H,2,3)/t19?,22-;/m0./s1. The predicted molar refractivity (Wildman–Crippen MR) is 123 cm³/mol. The number of hydrogen-bond acceptors (Lipinski definition) is 5. The molecule has 0 radical (unpaired) electrons. The molecule has 1 aliphatic carbocycles. The lowest BCUT2D eigenvalue weighted by Gasteiger charge is -2.24. The molecule has 33 heavy (non-hydrogen) atoms. The molecule has 7 nitrogen and oxygen atoms in total. The second kappa shape index (κ2) is 11.9. The van der Waals surface area contributed by atoms with Crippen LogP contribution in [0.3, 0.4) is 0 Å². The zero-order valence-electron chi connectivity index (χ0n) is 18.3. The molecule has 0 bridgehead atoms. The summed E-state index contributed by atoms with van der Waals surface area (Å²) in [5.74, 6) is 0.233. The van der Waals surface area contributed by atoms with Crippen LogP contribution < -0.4 is 5.73 Å². The van der Waals surface area contributed by atoms with E-state index in [1.807, 2.05) is 36.4 Å². The highest BCUT2D eigenvalue weighted by molar-refractivity contribution is 5.77. The predicted octanol–water partition coefficient (Wildman–Crippen LogP) is 4.55. The van der Waals surface area contributed by atoms with E-state index in [0.29, 0.717) is 30.9 Å². The van der Waals surface area contributed by atoms with E-state index in [9.17, 15) is 9.18 Å². The molecule has 3 N–H and O–H groups in total. The molecule has 1 saturated heterocycles. The van der Waals surface area contributed by atoms with E-state index in [2.05, 4.69) is 4.98 Å². The van der Waals surface area contributed by atoms with Gasteiger partial charge in [-0.25, -0.2) is 9.37 Å². The number of halogens is 1. The number of carbonyl (C=O) groups is 2. The third-order valence-corrected chi connectivity index (χ3v) is 5.53. The molecule has 1 amide bonds. The van der Waals surface area contributed by atoms with Gasteiger partial charge in [0.05, 0.1) is 0 Å². The van der Waals surface area contributed by atoms with Crippen LogP contribution in [0.25, 0.3) is 11.3 Å². The molecule has 2 aromatic rings. The second-order valence-electron chi connectivity index (χ2n) is 7.87. The molecule has 2 aliphatic rings. The Labute approximate surface area is 192 Å². The molecule has 4 rings (SSSR count). The SMILES string of the molecule is NC(CC(=O)N1CCC[C@H]1c1nc(-c2ccccc2)co1)CC1=C(F)C=CCC=C1.O=CO. The molecule has 174 valence electrons. The van der Waals surface area contributed by atoms with Gasteiger partial charge in [0.25, 0.3) is 6.47 Å². The lowest BCUT2D eigenvalue weighted by molar-refractivity contribution is -0.133. The van der Waals surface area contributed by atoms with Gasteiger partial charge >= 0.3 is 0 Å². The molecule has 1 fully saturated rings. The summed E-state index contributed by atoms with van der Waals surface area (Å²) in [7, 11) is 0. The molecule has 1 aromatic heterocycles. The molecule has 2 atom stereocenters. The first-order valence-corrected chi connectivity index (χ1v) is 10.9. The molecule has 1 aliphatic heterocycles. The Hall–Kier alpha value is -3.52. The van der Waals surface area contributed by atoms with E-state index in [1.54, 1.807) is 23.3 Å². The number of aromatic nitrogens is 1. The van der Waals surface area contributed by atoms with Crippen molar-refractivity contribution in [2.24, 2.45) is 5.73 Å². The Morgan fingerprint density at radius 1 is 1.30 bits per heavy atom. The lowest BCUT2D eigenvalue weighted by Crippen LogP contribution is -2.35. The van der Waals surface area contributed by atoms with Gasteiger partial charge in [-0.15, -0.1) is 0 Å². The zero-order chi connectivity index (χ0) is 23.6. The maximum absolute atomic E-state index is 14.1. The van der Waals surface area contributed by atoms with Gasteiger partial charge in [0.2, 0.25) is 11.8 Å². The fourth-order valence-electron chi connectivity index (χ4n) is 4.01. The number of carboxylic acid groups (broad SMARTS) is 1. The number of hydrogen-bond donors (Lipinski definition) is 2. The monoisotopic (exact) mass is 453 g/mol. The van der Waals surface area contributed by atoms with Crippen molar-refractivity contribution in [3.8, 4) is 11.3 Å². The topological polar surface area (TPSA) is 110 Å². The Morgan fingerprint density at radius 3 is 2.79 bits per heavy atom. The number of carbonyl (C=O) groups excluding carboxylic acids is 1. The van der Waals surface area contributed by atoms with Crippen molar-refractivity contribution in [2.45, 2.75) is 44.2 Å². The van der Waals surface area contributed by atoms with Crippen molar-refractivity contribution >= 4 is 12.4 Å². The lowest BCUT2D eigenvalue weighted by atomic mass is 10.0. The third-order valence-electron chi connectivity index (χ3n) is 5.53. The van der Waals surface area contributed by atoms with Crippen molar-refractivity contribution in [3.63, 3.8) is 0 Å². The van der Waals surface area contributed by atoms with Gasteiger partial charge in [-0.05, 0) is 37.3 Å². The van der Waals surface area contributed by atoms with Crippen molar-refractivity contribution < 1.29 is 23.5 Å². The van der Waals surface area contributed by atoms with Crippen LogP contribution in [0.1, 0.15) is 44.0 Å². The van der Waals surface area contributed by atoms with Gasteiger partial charge in [-0.1, -0.05) is 48.6 Å². The van der Waals surface area contributed by atoms with Crippen LogP contribution in [-0.4, -0.2) is 40.0 Å². The van der Waals surface area contributed by atoms with Crippen molar-refractivity contribution in [1.29, 1.82) is 0 Å². The Morgan fingerprint density at radius 2 is 2.03 bits per heavy atom. The summed E-state index contributed by atoms with van der Waals surface area (Å²) in [6.07, 6.45) is 11.4.